The van der Waals surface area contributed by atoms with Crippen molar-refractivity contribution in [3.8, 4) is 0 Å². The molecule has 0 radical (unpaired) electrons. The second-order valence-corrected chi connectivity index (χ2v) is 6.22. The molecule has 26 heavy (non-hydrogen) atoms. The third-order valence-electron chi connectivity index (χ3n) is 4.03. The van der Waals surface area contributed by atoms with Crippen LogP contribution in [0.2, 0.25) is 5.02 Å². The number of carbonyl (C=O) groups is 3. The van der Waals surface area contributed by atoms with Gasteiger partial charge in [-0.1, -0.05) is 29.8 Å². The number of aliphatic hydroxyl groups excluding tert-OH is 1. The summed E-state index contributed by atoms with van der Waals surface area (Å²) in [6.07, 6.45) is 0. The maximum atomic E-state index is 12.8. The maximum Gasteiger partial charge on any atom is 0.301 e. The quantitative estimate of drug-likeness (QED) is 0.810. The van der Waals surface area contributed by atoms with Crippen LogP contribution in [-0.2, 0) is 14.4 Å². The first-order valence-corrected chi connectivity index (χ1v) is 8.14. The molecule has 1 aliphatic heterocycles. The van der Waals surface area contributed by atoms with E-state index < -0.39 is 17.6 Å². The van der Waals surface area contributed by atoms with Gasteiger partial charge in [-0.3, -0.25) is 14.4 Å². The summed E-state index contributed by atoms with van der Waals surface area (Å²) in [6, 6.07) is 11.1. The zero-order chi connectivity index (χ0) is 19.0. The molecule has 0 saturated carbocycles. The molecule has 2 aromatic carbocycles. The van der Waals surface area contributed by atoms with Crippen molar-refractivity contribution >= 4 is 46.3 Å². The summed E-state index contributed by atoms with van der Waals surface area (Å²) in [4.78, 5) is 37.3. The van der Waals surface area contributed by atoms with Gasteiger partial charge in [0, 0.05) is 17.6 Å². The fourth-order valence-electron chi connectivity index (χ4n) is 2.76. The molecule has 0 unspecified atom stereocenters. The van der Waals surface area contributed by atoms with Gasteiger partial charge in [-0.2, -0.15) is 0 Å². The van der Waals surface area contributed by atoms with Crippen LogP contribution in [0.5, 0.6) is 0 Å². The molecular weight excluding hydrogens is 356 g/mol. The molecule has 3 rings (SSSR count). The number of halogens is 1. The Morgan fingerprint density at radius 1 is 1.08 bits per heavy atom. The zero-order valence-electron chi connectivity index (χ0n) is 14.0. The lowest BCUT2D eigenvalue weighted by Gasteiger charge is -2.17. The highest BCUT2D eigenvalue weighted by Gasteiger charge is 2.40. The second kappa shape index (κ2) is 6.65. The number of aliphatic hydroxyl groups is 1. The molecule has 3 amide bonds. The van der Waals surface area contributed by atoms with Crippen LogP contribution in [0.15, 0.2) is 48.2 Å². The Bertz CT molecular complexity index is 964. The normalized spacial score (nSPS) is 14.2. The number of nitrogens with zero attached hydrogens (tertiary/aromatic N) is 1. The van der Waals surface area contributed by atoms with Gasteiger partial charge in [0.25, 0.3) is 5.91 Å². The number of amides is 3. The van der Waals surface area contributed by atoms with E-state index in [2.05, 4.69) is 5.32 Å². The third kappa shape index (κ3) is 2.95. The molecular formula is C19H15ClN2O4. The van der Waals surface area contributed by atoms with Gasteiger partial charge in [0.1, 0.15) is 0 Å². The van der Waals surface area contributed by atoms with Gasteiger partial charge in [0.2, 0.25) is 5.91 Å². The number of anilines is 2. The highest BCUT2D eigenvalue weighted by molar-refractivity contribution is 6.45. The Labute approximate surface area is 154 Å². The van der Waals surface area contributed by atoms with Crippen LogP contribution in [0.4, 0.5) is 11.4 Å². The van der Waals surface area contributed by atoms with Crippen LogP contribution in [0, 0.1) is 6.92 Å². The van der Waals surface area contributed by atoms with E-state index in [0.717, 1.165) is 4.90 Å². The van der Waals surface area contributed by atoms with Gasteiger partial charge in [-0.05, 0) is 42.3 Å². The molecule has 0 bridgehead atoms. The number of benzene rings is 2. The van der Waals surface area contributed by atoms with E-state index >= 15 is 0 Å². The Hall–Kier alpha value is -3.12. The topological polar surface area (TPSA) is 86.7 Å². The number of nitrogens with one attached hydrogen (secondary N) is 1. The second-order valence-electron chi connectivity index (χ2n) is 5.81. The van der Waals surface area contributed by atoms with Gasteiger partial charge in [-0.25, -0.2) is 4.90 Å². The molecule has 7 heteroatoms. The highest BCUT2D eigenvalue weighted by atomic mass is 35.5. The lowest BCUT2D eigenvalue weighted by Crippen LogP contribution is -2.32. The summed E-state index contributed by atoms with van der Waals surface area (Å²) < 4.78 is 0. The Morgan fingerprint density at radius 3 is 2.35 bits per heavy atom. The van der Waals surface area contributed by atoms with Gasteiger partial charge < -0.3 is 10.4 Å². The minimum atomic E-state index is -0.804. The summed E-state index contributed by atoms with van der Waals surface area (Å²) in [6.45, 7) is 3.07. The molecule has 0 aliphatic carbocycles. The third-order valence-corrected chi connectivity index (χ3v) is 4.44. The molecule has 1 heterocycles. The number of carbonyl (C=O) groups excluding carboxylic acids is 3. The predicted molar refractivity (Wildman–Crippen MR) is 99.0 cm³/mol. The molecule has 0 aromatic heterocycles. The molecule has 0 atom stereocenters. The van der Waals surface area contributed by atoms with Crippen molar-refractivity contribution in [2.45, 2.75) is 13.8 Å². The minimum Gasteiger partial charge on any atom is -0.502 e. The number of hydrogen-bond donors (Lipinski definition) is 2. The molecule has 132 valence electrons. The first-order valence-electron chi connectivity index (χ1n) is 7.76. The molecule has 0 saturated heterocycles. The Balaban J connectivity index is 1.99. The predicted octanol–water partition coefficient (Wildman–Crippen LogP) is 3.45. The van der Waals surface area contributed by atoms with E-state index in [1.165, 1.54) is 6.92 Å². The van der Waals surface area contributed by atoms with E-state index in [4.69, 9.17) is 11.6 Å². The van der Waals surface area contributed by atoms with E-state index in [1.807, 2.05) is 0 Å². The molecule has 0 fully saturated rings. The SMILES string of the molecule is CC(=O)Nc1ccc(C2=C(O)C(=O)N(c3cccc(Cl)c3C)C2=O)cc1. The van der Waals surface area contributed by atoms with Crippen molar-refractivity contribution in [1.82, 2.24) is 0 Å². The summed E-state index contributed by atoms with van der Waals surface area (Å²) in [5.41, 5.74) is 1.70. The van der Waals surface area contributed by atoms with E-state index in [9.17, 15) is 19.5 Å². The number of imide groups is 1. The van der Waals surface area contributed by atoms with Crippen molar-refractivity contribution in [1.29, 1.82) is 0 Å². The van der Waals surface area contributed by atoms with Crippen LogP contribution in [0.1, 0.15) is 18.1 Å². The van der Waals surface area contributed by atoms with Crippen molar-refractivity contribution < 1.29 is 19.5 Å². The summed E-state index contributed by atoms with van der Waals surface area (Å²) in [7, 11) is 0. The molecule has 1 aliphatic rings. The van der Waals surface area contributed by atoms with Gasteiger partial charge in [0.15, 0.2) is 5.76 Å². The van der Waals surface area contributed by atoms with Crippen LogP contribution in [0.3, 0.4) is 0 Å². The highest BCUT2D eigenvalue weighted by Crippen LogP contribution is 2.35. The first kappa shape index (κ1) is 17.7. The average Bonchev–Trinajstić information content (AvgIpc) is 2.81. The van der Waals surface area contributed by atoms with Crippen molar-refractivity contribution in [3.63, 3.8) is 0 Å². The Kier molecular flexibility index (Phi) is 4.52. The van der Waals surface area contributed by atoms with Crippen molar-refractivity contribution in [2.24, 2.45) is 0 Å². The van der Waals surface area contributed by atoms with Crippen LogP contribution in [0.25, 0.3) is 5.57 Å². The van der Waals surface area contributed by atoms with E-state index in [0.29, 0.717) is 27.5 Å². The van der Waals surface area contributed by atoms with Crippen LogP contribution in [-0.4, -0.2) is 22.8 Å². The van der Waals surface area contributed by atoms with E-state index in [1.54, 1.807) is 49.4 Å². The molecule has 0 spiro atoms. The Morgan fingerprint density at radius 2 is 1.73 bits per heavy atom. The fourth-order valence-corrected chi connectivity index (χ4v) is 2.93. The smallest absolute Gasteiger partial charge is 0.301 e. The molecule has 6 nitrogen and oxygen atoms in total. The summed E-state index contributed by atoms with van der Waals surface area (Å²) >= 11 is 6.08. The lowest BCUT2D eigenvalue weighted by atomic mass is 10.0. The first-order chi connectivity index (χ1) is 12.3. The molecule has 2 aromatic rings. The summed E-state index contributed by atoms with van der Waals surface area (Å²) in [5.74, 6) is -2.29. The number of hydrogen-bond acceptors (Lipinski definition) is 4. The van der Waals surface area contributed by atoms with Crippen LogP contribution >= 0.6 is 11.6 Å². The van der Waals surface area contributed by atoms with Crippen LogP contribution < -0.4 is 10.2 Å². The minimum absolute atomic E-state index is 0.0937. The van der Waals surface area contributed by atoms with Gasteiger partial charge in [0.05, 0.1) is 11.3 Å². The standard InChI is InChI=1S/C19H15ClN2O4/c1-10-14(20)4-3-5-15(10)22-18(25)16(17(24)19(22)26)12-6-8-13(9-7-12)21-11(2)23/h3-9,24H,1-2H3,(H,21,23). The van der Waals surface area contributed by atoms with Crippen molar-refractivity contribution in [3.05, 3.63) is 64.4 Å². The van der Waals surface area contributed by atoms with Gasteiger partial charge >= 0.3 is 5.91 Å². The maximum absolute atomic E-state index is 12.8. The molecule has 2 N–H and O–H groups in total. The largest absolute Gasteiger partial charge is 0.502 e. The average molecular weight is 371 g/mol. The van der Waals surface area contributed by atoms with Gasteiger partial charge in [-0.15, -0.1) is 0 Å². The number of rotatable bonds is 3. The van der Waals surface area contributed by atoms with E-state index in [-0.39, 0.29) is 11.5 Å². The lowest BCUT2D eigenvalue weighted by molar-refractivity contribution is -0.121. The summed E-state index contributed by atoms with van der Waals surface area (Å²) in [5, 5.41) is 13.3. The monoisotopic (exact) mass is 370 g/mol. The van der Waals surface area contributed by atoms with Crippen molar-refractivity contribution in [2.75, 3.05) is 10.2 Å². The zero-order valence-corrected chi connectivity index (χ0v) is 14.8. The fraction of sp³-hybridized carbons (Fsp3) is 0.105.